The molecule has 0 spiro atoms. The third-order valence-electron chi connectivity index (χ3n) is 3.16. The van der Waals surface area contributed by atoms with Crippen molar-refractivity contribution in [1.29, 1.82) is 0 Å². The van der Waals surface area contributed by atoms with E-state index in [0.717, 1.165) is 12.1 Å². The summed E-state index contributed by atoms with van der Waals surface area (Å²) in [5, 5.41) is 4.57. The van der Waals surface area contributed by atoms with Gasteiger partial charge in [-0.15, -0.1) is 12.4 Å². The molecule has 1 unspecified atom stereocenters. The molecule has 1 atom stereocenters. The van der Waals surface area contributed by atoms with E-state index in [4.69, 9.17) is 0 Å². The molecule has 0 bridgehead atoms. The lowest BCUT2D eigenvalue weighted by atomic mass is 10.1. The Balaban J connectivity index is 0.00000264. The smallest absolute Gasteiger partial charge is 0.387 e. The number of hydrogen-bond acceptors (Lipinski definition) is 3. The Morgan fingerprint density at radius 1 is 1.43 bits per heavy atom. The first kappa shape index (κ1) is 19.4. The van der Waals surface area contributed by atoms with Crippen LogP contribution in [0, 0.1) is 5.82 Å². The molecule has 130 valence electrons. The van der Waals surface area contributed by atoms with Crippen LogP contribution in [0.3, 0.4) is 0 Å². The van der Waals surface area contributed by atoms with Crippen LogP contribution in [0.2, 0.25) is 0 Å². The quantitative estimate of drug-likeness (QED) is 0.793. The lowest BCUT2D eigenvalue weighted by Crippen LogP contribution is -2.40. The molecule has 0 aliphatic carbocycles. The topological polar surface area (TPSA) is 50.4 Å². The van der Waals surface area contributed by atoms with Gasteiger partial charge in [0.05, 0.1) is 12.6 Å². The van der Waals surface area contributed by atoms with Crippen LogP contribution < -0.4 is 15.4 Å². The van der Waals surface area contributed by atoms with Gasteiger partial charge in [0.25, 0.3) is 5.92 Å². The summed E-state index contributed by atoms with van der Waals surface area (Å²) >= 11 is 0. The van der Waals surface area contributed by atoms with Gasteiger partial charge in [-0.3, -0.25) is 10.1 Å². The number of nitrogens with one attached hydrogen (secondary N) is 2. The van der Waals surface area contributed by atoms with E-state index in [-0.39, 0.29) is 18.0 Å². The molecule has 0 radical (unpaired) electrons. The molecule has 2 rings (SSSR count). The third-order valence-corrected chi connectivity index (χ3v) is 3.16. The van der Waals surface area contributed by atoms with Crippen molar-refractivity contribution in [1.82, 2.24) is 10.6 Å². The summed E-state index contributed by atoms with van der Waals surface area (Å²) in [5.74, 6) is -5.00. The van der Waals surface area contributed by atoms with Gasteiger partial charge < -0.3 is 10.1 Å². The second kappa shape index (κ2) is 7.78. The standard InChI is InChI=1S/C13H13F5N2O2.ClH/c14-8-2-1-3-10(22-12(15)16)7(8)5-19-11(21)9-4-13(17,18)6-20-9;/h1-3,9,12,20H,4-6H2,(H,19,21);1H. The monoisotopic (exact) mass is 360 g/mol. The van der Waals surface area contributed by atoms with Gasteiger partial charge in [0, 0.05) is 18.5 Å². The number of amides is 1. The van der Waals surface area contributed by atoms with E-state index in [1.54, 1.807) is 0 Å². The average molecular weight is 361 g/mol. The summed E-state index contributed by atoms with van der Waals surface area (Å²) in [6.07, 6.45) is -0.670. The highest BCUT2D eigenvalue weighted by Gasteiger charge is 2.42. The number of alkyl halides is 4. The lowest BCUT2D eigenvalue weighted by molar-refractivity contribution is -0.123. The van der Waals surface area contributed by atoms with Crippen molar-refractivity contribution in [3.05, 3.63) is 29.6 Å². The second-order valence-electron chi connectivity index (χ2n) is 4.81. The molecule has 1 fully saturated rings. The van der Waals surface area contributed by atoms with Gasteiger partial charge in [0.1, 0.15) is 11.6 Å². The Labute approximate surface area is 134 Å². The molecule has 10 heteroatoms. The maximum absolute atomic E-state index is 13.6. The van der Waals surface area contributed by atoms with Crippen LogP contribution in [0.1, 0.15) is 12.0 Å². The normalized spacial score (nSPS) is 19.3. The van der Waals surface area contributed by atoms with Crippen LogP contribution >= 0.6 is 12.4 Å². The number of benzene rings is 1. The molecule has 1 aromatic rings. The van der Waals surface area contributed by atoms with Crippen LogP contribution in [0.15, 0.2) is 18.2 Å². The van der Waals surface area contributed by atoms with E-state index >= 15 is 0 Å². The summed E-state index contributed by atoms with van der Waals surface area (Å²) in [6.45, 7) is -4.21. The predicted octanol–water partition coefficient (Wildman–Crippen LogP) is 2.46. The van der Waals surface area contributed by atoms with Crippen molar-refractivity contribution >= 4 is 18.3 Å². The number of rotatable bonds is 5. The van der Waals surface area contributed by atoms with E-state index in [1.165, 1.54) is 6.07 Å². The first-order valence-electron chi connectivity index (χ1n) is 6.39. The number of ether oxygens (including phenoxy) is 1. The van der Waals surface area contributed by atoms with E-state index in [9.17, 15) is 26.7 Å². The Hall–Kier alpha value is -1.61. The van der Waals surface area contributed by atoms with Crippen molar-refractivity contribution in [3.63, 3.8) is 0 Å². The fourth-order valence-corrected chi connectivity index (χ4v) is 2.12. The molecule has 0 saturated carbocycles. The molecule has 4 nitrogen and oxygen atoms in total. The Morgan fingerprint density at radius 2 is 2.13 bits per heavy atom. The zero-order valence-electron chi connectivity index (χ0n) is 11.6. The van der Waals surface area contributed by atoms with E-state index in [2.05, 4.69) is 15.4 Å². The van der Waals surface area contributed by atoms with Gasteiger partial charge in [-0.2, -0.15) is 8.78 Å². The zero-order chi connectivity index (χ0) is 16.3. The van der Waals surface area contributed by atoms with Crippen LogP contribution in [0.5, 0.6) is 5.75 Å². The SMILES string of the molecule is Cl.O=C(NCc1c(F)cccc1OC(F)F)C1CC(F)(F)CN1. The molecule has 1 saturated heterocycles. The molecule has 2 N–H and O–H groups in total. The van der Waals surface area contributed by atoms with Crippen molar-refractivity contribution < 1.29 is 31.5 Å². The number of halogens is 6. The summed E-state index contributed by atoms with van der Waals surface area (Å²) in [5.41, 5.74) is -0.277. The minimum atomic E-state index is -3.15. The number of hydrogen-bond donors (Lipinski definition) is 2. The van der Waals surface area contributed by atoms with Crippen LogP contribution in [-0.4, -0.2) is 31.0 Å². The highest BCUT2D eigenvalue weighted by atomic mass is 35.5. The van der Waals surface area contributed by atoms with E-state index < -0.39 is 55.6 Å². The van der Waals surface area contributed by atoms with Crippen LogP contribution in [-0.2, 0) is 11.3 Å². The molecular formula is C13H14ClF5N2O2. The molecule has 0 aromatic heterocycles. The molecule has 1 heterocycles. The van der Waals surface area contributed by atoms with Crippen molar-refractivity contribution in [3.8, 4) is 5.75 Å². The van der Waals surface area contributed by atoms with Gasteiger partial charge in [-0.1, -0.05) is 6.07 Å². The number of carbonyl (C=O) groups is 1. The Kier molecular flexibility index (Phi) is 6.57. The predicted molar refractivity (Wildman–Crippen MR) is 73.5 cm³/mol. The highest BCUT2D eigenvalue weighted by molar-refractivity contribution is 5.85. The van der Waals surface area contributed by atoms with Crippen molar-refractivity contribution in [2.45, 2.75) is 31.5 Å². The van der Waals surface area contributed by atoms with Crippen LogP contribution in [0.25, 0.3) is 0 Å². The third kappa shape index (κ3) is 5.21. The first-order valence-corrected chi connectivity index (χ1v) is 6.39. The summed E-state index contributed by atoms with van der Waals surface area (Å²) in [6, 6.07) is 2.21. The molecule has 1 aliphatic heterocycles. The summed E-state index contributed by atoms with van der Waals surface area (Å²) in [4.78, 5) is 11.7. The molecule has 23 heavy (non-hydrogen) atoms. The Morgan fingerprint density at radius 3 is 2.70 bits per heavy atom. The minimum Gasteiger partial charge on any atom is -0.434 e. The maximum atomic E-state index is 13.6. The van der Waals surface area contributed by atoms with Gasteiger partial charge in [0.2, 0.25) is 5.91 Å². The summed E-state index contributed by atoms with van der Waals surface area (Å²) in [7, 11) is 0. The zero-order valence-corrected chi connectivity index (χ0v) is 12.4. The maximum Gasteiger partial charge on any atom is 0.387 e. The van der Waals surface area contributed by atoms with Gasteiger partial charge in [0.15, 0.2) is 0 Å². The first-order chi connectivity index (χ1) is 10.3. The minimum absolute atomic E-state index is 0. The highest BCUT2D eigenvalue weighted by Crippen LogP contribution is 2.26. The van der Waals surface area contributed by atoms with Crippen LogP contribution in [0.4, 0.5) is 22.0 Å². The van der Waals surface area contributed by atoms with E-state index in [1.807, 2.05) is 0 Å². The van der Waals surface area contributed by atoms with Gasteiger partial charge >= 0.3 is 6.61 Å². The number of carbonyl (C=O) groups excluding carboxylic acids is 1. The fourth-order valence-electron chi connectivity index (χ4n) is 2.12. The molecular weight excluding hydrogens is 347 g/mol. The van der Waals surface area contributed by atoms with E-state index in [0.29, 0.717) is 0 Å². The summed E-state index contributed by atoms with van der Waals surface area (Å²) < 4.78 is 68.2. The van der Waals surface area contributed by atoms with Crippen molar-refractivity contribution in [2.75, 3.05) is 6.54 Å². The van der Waals surface area contributed by atoms with Crippen molar-refractivity contribution in [2.24, 2.45) is 0 Å². The Bertz CT molecular complexity index is 559. The average Bonchev–Trinajstić information content (AvgIpc) is 2.77. The second-order valence-corrected chi connectivity index (χ2v) is 4.81. The molecule has 1 amide bonds. The molecule has 1 aromatic carbocycles. The molecule has 1 aliphatic rings. The van der Waals surface area contributed by atoms with Gasteiger partial charge in [-0.05, 0) is 12.1 Å². The lowest BCUT2D eigenvalue weighted by Gasteiger charge is -2.14. The van der Waals surface area contributed by atoms with Gasteiger partial charge in [-0.25, -0.2) is 13.2 Å². The fraction of sp³-hybridized carbons (Fsp3) is 0.462. The largest absolute Gasteiger partial charge is 0.434 e.